The van der Waals surface area contributed by atoms with Gasteiger partial charge < -0.3 is 19.5 Å². The molecule has 2 aromatic carbocycles. The molecule has 1 aliphatic heterocycles. The molecule has 1 fully saturated rings. The normalized spacial score (nSPS) is 17.6. The number of hydrogen-bond donors (Lipinski definition) is 1. The smallest absolute Gasteiger partial charge is 0.295 e. The van der Waals surface area contributed by atoms with E-state index in [4.69, 9.17) is 9.47 Å². The number of ether oxygens (including phenoxy) is 2. The summed E-state index contributed by atoms with van der Waals surface area (Å²) in [7, 11) is 1.60. The lowest BCUT2D eigenvalue weighted by Gasteiger charge is -2.25. The number of amides is 1. The third-order valence-corrected chi connectivity index (χ3v) is 6.20. The third-order valence-electron chi connectivity index (χ3n) is 6.20. The number of nitrogens with zero attached hydrogens (tertiary/aromatic N) is 1. The lowest BCUT2D eigenvalue weighted by molar-refractivity contribution is -0.140. The minimum absolute atomic E-state index is 0.116. The molecule has 6 nitrogen and oxygen atoms in total. The van der Waals surface area contributed by atoms with Crippen LogP contribution in [0.1, 0.15) is 68.3 Å². The van der Waals surface area contributed by atoms with Crippen LogP contribution in [-0.4, -0.2) is 48.6 Å². The maximum Gasteiger partial charge on any atom is 0.295 e. The van der Waals surface area contributed by atoms with Gasteiger partial charge in [-0.3, -0.25) is 9.59 Å². The zero-order valence-corrected chi connectivity index (χ0v) is 20.8. The Kier molecular flexibility index (Phi) is 8.51. The van der Waals surface area contributed by atoms with Crippen molar-refractivity contribution in [2.75, 3.05) is 26.9 Å². The number of aryl methyl sites for hydroxylation is 1. The van der Waals surface area contributed by atoms with E-state index in [0.29, 0.717) is 31.7 Å². The van der Waals surface area contributed by atoms with Crippen molar-refractivity contribution in [3.63, 3.8) is 0 Å². The summed E-state index contributed by atoms with van der Waals surface area (Å²) in [6.07, 6.45) is 1.48. The van der Waals surface area contributed by atoms with E-state index in [9.17, 15) is 14.7 Å². The van der Waals surface area contributed by atoms with Crippen molar-refractivity contribution in [1.29, 1.82) is 0 Å². The fourth-order valence-electron chi connectivity index (χ4n) is 4.36. The van der Waals surface area contributed by atoms with Gasteiger partial charge in [0.2, 0.25) is 0 Å². The largest absolute Gasteiger partial charge is 0.507 e. The molecule has 34 heavy (non-hydrogen) atoms. The molecular weight excluding hydrogens is 430 g/mol. The van der Waals surface area contributed by atoms with Crippen LogP contribution in [0.15, 0.2) is 48.0 Å². The molecule has 0 saturated carbocycles. The standard InChI is InChI=1S/C28H35NO5/c1-6-19-9-11-20(12-10-19)25-24(27(31)28(32)29(25)15-8-16-33-5)26(30)21-13-14-23(34-7-2)22(17-21)18(3)4/h9-14,17-18,25,30H,6-8,15-16H2,1-5H3/b26-24-. The molecule has 1 amide bonds. The summed E-state index contributed by atoms with van der Waals surface area (Å²) in [5.74, 6) is -0.525. The third kappa shape index (κ3) is 5.17. The number of aliphatic hydroxyl groups is 1. The number of Topliss-reactive ketones (excluding diaryl/α,β-unsaturated/α-hetero) is 1. The summed E-state index contributed by atoms with van der Waals surface area (Å²) in [5, 5.41) is 11.4. The van der Waals surface area contributed by atoms with Crippen molar-refractivity contribution < 1.29 is 24.2 Å². The quantitative estimate of drug-likeness (QED) is 0.225. The molecule has 1 saturated heterocycles. The average Bonchev–Trinajstić information content (AvgIpc) is 3.09. The Morgan fingerprint density at radius 2 is 1.79 bits per heavy atom. The number of hydrogen-bond acceptors (Lipinski definition) is 5. The van der Waals surface area contributed by atoms with E-state index in [1.807, 2.05) is 57.2 Å². The Labute approximate surface area is 202 Å². The number of likely N-dealkylation sites (tertiary alicyclic amines) is 1. The maximum atomic E-state index is 13.2. The van der Waals surface area contributed by atoms with Gasteiger partial charge in [0, 0.05) is 25.8 Å². The van der Waals surface area contributed by atoms with Crippen LogP contribution >= 0.6 is 0 Å². The fraction of sp³-hybridized carbons (Fsp3) is 0.429. The van der Waals surface area contributed by atoms with Crippen molar-refractivity contribution in [3.8, 4) is 5.75 Å². The van der Waals surface area contributed by atoms with Crippen LogP contribution in [0.4, 0.5) is 0 Å². The number of ketones is 1. The molecule has 0 radical (unpaired) electrons. The molecule has 1 atom stereocenters. The van der Waals surface area contributed by atoms with Gasteiger partial charge >= 0.3 is 0 Å². The van der Waals surface area contributed by atoms with Gasteiger partial charge in [-0.1, -0.05) is 45.0 Å². The highest BCUT2D eigenvalue weighted by Gasteiger charge is 2.45. The first-order chi connectivity index (χ1) is 16.3. The monoisotopic (exact) mass is 465 g/mol. The van der Waals surface area contributed by atoms with E-state index in [1.165, 1.54) is 0 Å². The number of benzene rings is 2. The first-order valence-electron chi connectivity index (χ1n) is 12.0. The van der Waals surface area contributed by atoms with Crippen molar-refractivity contribution in [2.45, 2.75) is 52.5 Å². The molecular formula is C28H35NO5. The molecule has 182 valence electrons. The lowest BCUT2D eigenvalue weighted by Crippen LogP contribution is -2.31. The first kappa shape index (κ1) is 25.5. The first-order valence-corrected chi connectivity index (χ1v) is 12.0. The topological polar surface area (TPSA) is 76.1 Å². The fourth-order valence-corrected chi connectivity index (χ4v) is 4.36. The van der Waals surface area contributed by atoms with Gasteiger partial charge in [0.25, 0.3) is 11.7 Å². The van der Waals surface area contributed by atoms with Crippen LogP contribution in [0.5, 0.6) is 5.75 Å². The highest BCUT2D eigenvalue weighted by atomic mass is 16.5. The highest BCUT2D eigenvalue weighted by Crippen LogP contribution is 2.40. The molecule has 0 spiro atoms. The van der Waals surface area contributed by atoms with Crippen molar-refractivity contribution >= 4 is 17.4 Å². The highest BCUT2D eigenvalue weighted by molar-refractivity contribution is 6.46. The Morgan fingerprint density at radius 3 is 2.38 bits per heavy atom. The van der Waals surface area contributed by atoms with Crippen LogP contribution in [0, 0.1) is 0 Å². The summed E-state index contributed by atoms with van der Waals surface area (Å²) in [6.45, 7) is 9.46. The van der Waals surface area contributed by atoms with Crippen molar-refractivity contribution in [1.82, 2.24) is 4.90 Å². The Balaban J connectivity index is 2.14. The van der Waals surface area contributed by atoms with Crippen LogP contribution in [-0.2, 0) is 20.7 Å². The minimum atomic E-state index is -0.667. The molecule has 0 aromatic heterocycles. The number of carbonyl (C=O) groups excluding carboxylic acids is 2. The van der Waals surface area contributed by atoms with Crippen molar-refractivity contribution in [3.05, 3.63) is 70.3 Å². The second kappa shape index (κ2) is 11.3. The van der Waals surface area contributed by atoms with E-state index in [1.54, 1.807) is 18.1 Å². The van der Waals surface area contributed by atoms with E-state index in [-0.39, 0.29) is 17.3 Å². The number of rotatable bonds is 10. The van der Waals surface area contributed by atoms with Gasteiger partial charge in [0.05, 0.1) is 18.2 Å². The summed E-state index contributed by atoms with van der Waals surface area (Å²) < 4.78 is 10.9. The molecule has 0 aliphatic carbocycles. The zero-order chi connectivity index (χ0) is 24.8. The van der Waals surface area contributed by atoms with Crippen LogP contribution in [0.2, 0.25) is 0 Å². The molecule has 0 bridgehead atoms. The number of carbonyl (C=O) groups is 2. The summed E-state index contributed by atoms with van der Waals surface area (Å²) in [6, 6.07) is 12.6. The van der Waals surface area contributed by atoms with E-state index in [2.05, 4.69) is 6.92 Å². The predicted molar refractivity (Wildman–Crippen MR) is 133 cm³/mol. The predicted octanol–water partition coefficient (Wildman–Crippen LogP) is 5.23. The number of aliphatic hydroxyl groups excluding tert-OH is 1. The Morgan fingerprint density at radius 1 is 1.09 bits per heavy atom. The van der Waals surface area contributed by atoms with Gasteiger partial charge in [0.15, 0.2) is 0 Å². The Hall–Kier alpha value is -3.12. The van der Waals surface area contributed by atoms with Gasteiger partial charge in [-0.05, 0) is 60.6 Å². The van der Waals surface area contributed by atoms with Crippen LogP contribution in [0.3, 0.4) is 0 Å². The molecule has 2 aromatic rings. The Bertz CT molecular complexity index is 1050. The van der Waals surface area contributed by atoms with E-state index >= 15 is 0 Å². The molecule has 6 heteroatoms. The minimum Gasteiger partial charge on any atom is -0.507 e. The second-order valence-electron chi connectivity index (χ2n) is 8.77. The summed E-state index contributed by atoms with van der Waals surface area (Å²) in [4.78, 5) is 27.8. The number of methoxy groups -OCH3 is 1. The lowest BCUT2D eigenvalue weighted by atomic mass is 9.92. The van der Waals surface area contributed by atoms with Gasteiger partial charge in [-0.2, -0.15) is 0 Å². The van der Waals surface area contributed by atoms with Gasteiger partial charge in [-0.15, -0.1) is 0 Å². The second-order valence-corrected chi connectivity index (χ2v) is 8.77. The molecule has 1 N–H and O–H groups in total. The van der Waals surface area contributed by atoms with Crippen LogP contribution < -0.4 is 4.74 Å². The van der Waals surface area contributed by atoms with Gasteiger partial charge in [-0.25, -0.2) is 0 Å². The van der Waals surface area contributed by atoms with Gasteiger partial charge in [0.1, 0.15) is 11.5 Å². The molecule has 3 rings (SSSR count). The van der Waals surface area contributed by atoms with E-state index in [0.717, 1.165) is 28.9 Å². The zero-order valence-electron chi connectivity index (χ0n) is 20.8. The summed E-state index contributed by atoms with van der Waals surface area (Å²) in [5.41, 5.74) is 3.50. The van der Waals surface area contributed by atoms with E-state index < -0.39 is 17.7 Å². The van der Waals surface area contributed by atoms with Crippen molar-refractivity contribution in [2.24, 2.45) is 0 Å². The maximum absolute atomic E-state index is 13.2. The molecule has 1 aliphatic rings. The SMILES string of the molecule is CCOc1ccc(/C(O)=C2/C(=O)C(=O)N(CCCOC)C2c2ccc(CC)cc2)cc1C(C)C. The molecule has 1 unspecified atom stereocenters. The van der Waals surface area contributed by atoms with Crippen LogP contribution in [0.25, 0.3) is 5.76 Å². The average molecular weight is 466 g/mol. The molecule has 1 heterocycles. The summed E-state index contributed by atoms with van der Waals surface area (Å²) >= 11 is 0.